The highest BCUT2D eigenvalue weighted by Crippen LogP contribution is 2.34. The number of nitrogens with one attached hydrogen (secondary N) is 1. The summed E-state index contributed by atoms with van der Waals surface area (Å²) in [5.74, 6) is -0.150. The van der Waals surface area contributed by atoms with Crippen LogP contribution in [0, 0.1) is 5.41 Å². The van der Waals surface area contributed by atoms with Crippen molar-refractivity contribution in [1.82, 2.24) is 4.98 Å². The summed E-state index contributed by atoms with van der Waals surface area (Å²) < 4.78 is 5.20. The van der Waals surface area contributed by atoms with Crippen molar-refractivity contribution in [3.8, 4) is 11.3 Å². The summed E-state index contributed by atoms with van der Waals surface area (Å²) in [5.41, 5.74) is 3.28. The molecule has 0 amide bonds. The molecular formula is C23H21N3O3S. The number of benzene rings is 2. The fraction of sp³-hybridized carbons (Fsp3) is 0.174. The van der Waals surface area contributed by atoms with Crippen molar-refractivity contribution in [3.63, 3.8) is 0 Å². The van der Waals surface area contributed by atoms with E-state index in [0.29, 0.717) is 28.4 Å². The number of hydrogen-bond donors (Lipinski definition) is 2. The first-order chi connectivity index (χ1) is 14.6. The normalized spacial score (nSPS) is 13.8. The second kappa shape index (κ2) is 8.51. The predicted octanol–water partition coefficient (Wildman–Crippen LogP) is 5.14. The van der Waals surface area contributed by atoms with Gasteiger partial charge < -0.3 is 14.7 Å². The van der Waals surface area contributed by atoms with Crippen LogP contribution in [0.25, 0.3) is 16.8 Å². The fourth-order valence-electron chi connectivity index (χ4n) is 3.23. The molecule has 4 rings (SSSR count). The van der Waals surface area contributed by atoms with Crippen LogP contribution in [0.15, 0.2) is 65.7 Å². The minimum absolute atomic E-state index is 0.0907. The van der Waals surface area contributed by atoms with E-state index in [9.17, 15) is 9.90 Å². The molecule has 0 aliphatic carbocycles. The van der Waals surface area contributed by atoms with Gasteiger partial charge in [0.05, 0.1) is 30.0 Å². The Morgan fingerprint density at radius 3 is 2.80 bits per heavy atom. The van der Waals surface area contributed by atoms with E-state index in [2.05, 4.69) is 4.98 Å². The smallest absolute Gasteiger partial charge is 0.338 e. The average Bonchev–Trinajstić information content (AvgIpc) is 3.37. The number of aliphatic hydroxyl groups is 1. The highest BCUT2D eigenvalue weighted by Gasteiger charge is 2.31. The molecule has 0 spiro atoms. The summed E-state index contributed by atoms with van der Waals surface area (Å²) in [6.07, 6.45) is 0.752. The molecule has 0 radical (unpaired) electrons. The van der Waals surface area contributed by atoms with Crippen LogP contribution >= 0.6 is 11.3 Å². The minimum atomic E-state index is -0.394. The second-order valence-electron chi connectivity index (χ2n) is 6.85. The van der Waals surface area contributed by atoms with Gasteiger partial charge in [0.1, 0.15) is 16.6 Å². The van der Waals surface area contributed by atoms with Crippen molar-refractivity contribution >= 4 is 34.4 Å². The molecule has 1 aliphatic rings. The van der Waals surface area contributed by atoms with Gasteiger partial charge in [0.25, 0.3) is 0 Å². The van der Waals surface area contributed by atoms with Crippen LogP contribution in [0.1, 0.15) is 28.7 Å². The second-order valence-corrected chi connectivity index (χ2v) is 7.70. The van der Waals surface area contributed by atoms with E-state index in [-0.39, 0.29) is 18.1 Å². The Morgan fingerprint density at radius 2 is 2.03 bits per heavy atom. The molecule has 2 aromatic carbocycles. The van der Waals surface area contributed by atoms with Crippen LogP contribution in [-0.4, -0.2) is 35.0 Å². The average molecular weight is 420 g/mol. The van der Waals surface area contributed by atoms with Gasteiger partial charge in [-0.05, 0) is 24.6 Å². The van der Waals surface area contributed by atoms with E-state index in [1.165, 1.54) is 11.3 Å². The number of esters is 1. The Labute approximate surface area is 178 Å². The van der Waals surface area contributed by atoms with Crippen molar-refractivity contribution in [1.29, 1.82) is 5.41 Å². The lowest BCUT2D eigenvalue weighted by Gasteiger charge is -2.19. The standard InChI is InChI=1S/C23H21N3O3S/c1-2-11-29-23(28)16-9-6-10-17(12-16)26-13-19(27)20(21(26)24)22-25-18(14-30-22)15-7-4-3-5-8-15/h3-10,12,14,24,27H,2,11,13H2,1H3. The Bertz CT molecular complexity index is 1120. The van der Waals surface area contributed by atoms with Gasteiger partial charge in [-0.3, -0.25) is 5.41 Å². The van der Waals surface area contributed by atoms with E-state index in [4.69, 9.17) is 10.1 Å². The highest BCUT2D eigenvalue weighted by molar-refractivity contribution is 7.11. The van der Waals surface area contributed by atoms with Gasteiger partial charge in [0.2, 0.25) is 0 Å². The van der Waals surface area contributed by atoms with Crippen molar-refractivity contribution in [2.75, 3.05) is 18.1 Å². The molecular weight excluding hydrogens is 398 g/mol. The highest BCUT2D eigenvalue weighted by atomic mass is 32.1. The third-order valence-corrected chi connectivity index (χ3v) is 5.58. The molecule has 6 nitrogen and oxygen atoms in total. The Kier molecular flexibility index (Phi) is 5.63. The van der Waals surface area contributed by atoms with Gasteiger partial charge in [0, 0.05) is 16.6 Å². The Hall–Kier alpha value is -3.45. The molecule has 0 saturated heterocycles. The maximum absolute atomic E-state index is 12.2. The lowest BCUT2D eigenvalue weighted by Crippen LogP contribution is -2.26. The van der Waals surface area contributed by atoms with Crippen LogP contribution in [0.2, 0.25) is 0 Å². The third kappa shape index (κ3) is 3.84. The first-order valence-electron chi connectivity index (χ1n) is 9.65. The van der Waals surface area contributed by atoms with E-state index in [1.807, 2.05) is 42.6 Å². The summed E-state index contributed by atoms with van der Waals surface area (Å²) in [4.78, 5) is 18.5. The van der Waals surface area contributed by atoms with Gasteiger partial charge in [-0.1, -0.05) is 43.3 Å². The van der Waals surface area contributed by atoms with E-state index >= 15 is 0 Å². The van der Waals surface area contributed by atoms with Gasteiger partial charge in [-0.2, -0.15) is 0 Å². The summed E-state index contributed by atoms with van der Waals surface area (Å²) in [6.45, 7) is 2.46. The number of carbonyl (C=O) groups excluding carboxylic acids is 1. The molecule has 2 N–H and O–H groups in total. The number of carbonyl (C=O) groups is 1. The number of nitrogens with zero attached hydrogens (tertiary/aromatic N) is 2. The lowest BCUT2D eigenvalue weighted by molar-refractivity contribution is 0.0505. The van der Waals surface area contributed by atoms with Crippen LogP contribution in [0.4, 0.5) is 5.69 Å². The number of aromatic nitrogens is 1. The topological polar surface area (TPSA) is 86.5 Å². The zero-order chi connectivity index (χ0) is 21.1. The first-order valence-corrected chi connectivity index (χ1v) is 10.5. The molecule has 0 bridgehead atoms. The van der Waals surface area contributed by atoms with Crippen molar-refractivity contribution in [2.24, 2.45) is 0 Å². The van der Waals surface area contributed by atoms with Gasteiger partial charge >= 0.3 is 5.97 Å². The number of aliphatic hydroxyl groups excluding tert-OH is 1. The molecule has 1 aromatic heterocycles. The quantitative estimate of drug-likeness (QED) is 0.540. The molecule has 0 saturated carbocycles. The van der Waals surface area contributed by atoms with Crippen LogP contribution in [-0.2, 0) is 4.74 Å². The van der Waals surface area contributed by atoms with E-state index in [0.717, 1.165) is 17.7 Å². The summed E-state index contributed by atoms with van der Waals surface area (Å²) in [7, 11) is 0. The fourth-order valence-corrected chi connectivity index (χ4v) is 4.13. The van der Waals surface area contributed by atoms with Gasteiger partial charge in [-0.25, -0.2) is 9.78 Å². The van der Waals surface area contributed by atoms with Gasteiger partial charge in [-0.15, -0.1) is 11.3 Å². The molecule has 7 heteroatoms. The maximum Gasteiger partial charge on any atom is 0.338 e. The molecule has 1 aliphatic heterocycles. The molecule has 30 heavy (non-hydrogen) atoms. The first kappa shape index (κ1) is 19.8. The number of anilines is 1. The SMILES string of the molecule is CCCOC(=O)c1cccc(N2CC(O)=C(c3nc(-c4ccccc4)cs3)C2=N)c1. The van der Waals surface area contributed by atoms with Crippen LogP contribution in [0.3, 0.4) is 0 Å². The summed E-state index contributed by atoms with van der Waals surface area (Å²) in [6, 6.07) is 16.7. The van der Waals surface area contributed by atoms with Crippen molar-refractivity contribution < 1.29 is 14.6 Å². The number of ether oxygens (including phenoxy) is 1. The predicted molar refractivity (Wildman–Crippen MR) is 119 cm³/mol. The zero-order valence-electron chi connectivity index (χ0n) is 16.5. The number of thiazole rings is 1. The lowest BCUT2D eigenvalue weighted by atomic mass is 10.2. The van der Waals surface area contributed by atoms with E-state index in [1.54, 1.807) is 29.2 Å². The zero-order valence-corrected chi connectivity index (χ0v) is 17.3. The molecule has 0 unspecified atom stereocenters. The van der Waals surface area contributed by atoms with E-state index < -0.39 is 5.97 Å². The largest absolute Gasteiger partial charge is 0.510 e. The van der Waals surface area contributed by atoms with Crippen LogP contribution in [0.5, 0.6) is 0 Å². The number of rotatable bonds is 6. The summed E-state index contributed by atoms with van der Waals surface area (Å²) in [5, 5.41) is 21.7. The monoisotopic (exact) mass is 419 g/mol. The maximum atomic E-state index is 12.2. The van der Waals surface area contributed by atoms with Crippen molar-refractivity contribution in [2.45, 2.75) is 13.3 Å². The summed E-state index contributed by atoms with van der Waals surface area (Å²) >= 11 is 1.39. The molecule has 0 atom stereocenters. The molecule has 2 heterocycles. The van der Waals surface area contributed by atoms with Gasteiger partial charge in [0.15, 0.2) is 0 Å². The Morgan fingerprint density at radius 1 is 1.23 bits per heavy atom. The van der Waals surface area contributed by atoms with Crippen molar-refractivity contribution in [3.05, 3.63) is 76.3 Å². The molecule has 0 fully saturated rings. The number of hydrogen-bond acceptors (Lipinski definition) is 6. The third-order valence-electron chi connectivity index (χ3n) is 4.72. The van der Waals surface area contributed by atoms with Crippen LogP contribution < -0.4 is 4.90 Å². The molecule has 3 aromatic rings. The Balaban J connectivity index is 1.57. The minimum Gasteiger partial charge on any atom is -0.510 e. The number of amidine groups is 1. The molecule has 152 valence electrons.